The lowest BCUT2D eigenvalue weighted by molar-refractivity contribution is 0.111. The molecule has 86 valence electrons. The average molecular weight is 219 g/mol. The lowest BCUT2D eigenvalue weighted by atomic mass is 10.1. The molecular formula is C12H17N3O. The number of nitrogens with zero attached hydrogens (tertiary/aromatic N) is 3. The van der Waals surface area contributed by atoms with E-state index in [0.29, 0.717) is 18.1 Å². The number of hydrogen-bond acceptors (Lipinski definition) is 4. The molecule has 0 bridgehead atoms. The maximum atomic E-state index is 8.88. The zero-order valence-corrected chi connectivity index (χ0v) is 10.2. The van der Waals surface area contributed by atoms with Gasteiger partial charge in [-0.15, -0.1) is 0 Å². The highest BCUT2D eigenvalue weighted by Gasteiger charge is 2.22. The van der Waals surface area contributed by atoms with Gasteiger partial charge < -0.3 is 9.64 Å². The van der Waals surface area contributed by atoms with Crippen molar-refractivity contribution in [3.63, 3.8) is 0 Å². The molecule has 0 radical (unpaired) electrons. The van der Waals surface area contributed by atoms with Crippen molar-refractivity contribution in [3.05, 3.63) is 23.9 Å². The van der Waals surface area contributed by atoms with Crippen LogP contribution in [0.2, 0.25) is 0 Å². The smallest absolute Gasteiger partial charge is 0.231 e. The minimum absolute atomic E-state index is 0.0930. The van der Waals surface area contributed by atoms with Crippen molar-refractivity contribution in [3.8, 4) is 11.9 Å². The minimum atomic E-state index is -0.0930. The molecule has 1 aromatic heterocycles. The number of hydrogen-bond donors (Lipinski definition) is 0. The van der Waals surface area contributed by atoms with Crippen molar-refractivity contribution < 1.29 is 4.74 Å². The fourth-order valence-corrected chi connectivity index (χ4v) is 0.965. The normalized spacial score (nSPS) is 11.2. The molecule has 0 atom stereocenters. The SMILES string of the molecule is CN(C)C(C)(C)COc1ncccc1C#N. The number of ether oxygens (including phenoxy) is 1. The fraction of sp³-hybridized carbons (Fsp3) is 0.500. The number of pyridine rings is 1. The summed E-state index contributed by atoms with van der Waals surface area (Å²) in [5.74, 6) is 0.403. The summed E-state index contributed by atoms with van der Waals surface area (Å²) in [5.41, 5.74) is 0.376. The van der Waals surface area contributed by atoms with Crippen LogP contribution in [0.1, 0.15) is 19.4 Å². The average Bonchev–Trinajstić information content (AvgIpc) is 2.26. The Bertz CT molecular complexity index is 393. The van der Waals surface area contributed by atoms with E-state index in [-0.39, 0.29) is 5.54 Å². The molecule has 0 fully saturated rings. The first-order valence-electron chi connectivity index (χ1n) is 5.13. The second-order valence-corrected chi connectivity index (χ2v) is 4.46. The summed E-state index contributed by atoms with van der Waals surface area (Å²) < 4.78 is 5.58. The summed E-state index contributed by atoms with van der Waals surface area (Å²) in [5, 5.41) is 8.88. The van der Waals surface area contributed by atoms with E-state index in [9.17, 15) is 0 Å². The summed E-state index contributed by atoms with van der Waals surface area (Å²) in [6, 6.07) is 5.48. The van der Waals surface area contributed by atoms with E-state index in [0.717, 1.165) is 0 Å². The van der Waals surface area contributed by atoms with Crippen molar-refractivity contribution in [2.45, 2.75) is 19.4 Å². The van der Waals surface area contributed by atoms with Crippen LogP contribution < -0.4 is 4.74 Å². The molecule has 1 aromatic rings. The molecule has 1 rings (SSSR count). The van der Waals surface area contributed by atoms with Crippen LogP contribution in [0.3, 0.4) is 0 Å². The van der Waals surface area contributed by atoms with Gasteiger partial charge in [-0.05, 0) is 40.1 Å². The van der Waals surface area contributed by atoms with Crippen molar-refractivity contribution >= 4 is 0 Å². The number of likely N-dealkylation sites (N-methyl/N-ethyl adjacent to an activating group) is 1. The molecular weight excluding hydrogens is 202 g/mol. The van der Waals surface area contributed by atoms with Crippen LogP contribution in [0.5, 0.6) is 5.88 Å². The molecule has 0 N–H and O–H groups in total. The zero-order chi connectivity index (χ0) is 12.2. The third-order valence-corrected chi connectivity index (χ3v) is 2.66. The van der Waals surface area contributed by atoms with Crippen LogP contribution >= 0.6 is 0 Å². The first-order valence-corrected chi connectivity index (χ1v) is 5.13. The molecule has 0 aliphatic rings. The highest BCUT2D eigenvalue weighted by molar-refractivity contribution is 5.37. The quantitative estimate of drug-likeness (QED) is 0.773. The molecule has 0 spiro atoms. The Labute approximate surface area is 96.5 Å². The van der Waals surface area contributed by atoms with Gasteiger partial charge in [0, 0.05) is 11.7 Å². The van der Waals surface area contributed by atoms with Crippen molar-refractivity contribution in [1.29, 1.82) is 5.26 Å². The van der Waals surface area contributed by atoms with Gasteiger partial charge in [-0.25, -0.2) is 4.98 Å². The lowest BCUT2D eigenvalue weighted by Gasteiger charge is -2.31. The van der Waals surface area contributed by atoms with E-state index in [4.69, 9.17) is 10.00 Å². The van der Waals surface area contributed by atoms with Gasteiger partial charge in [-0.1, -0.05) is 0 Å². The third kappa shape index (κ3) is 2.94. The molecule has 1 heterocycles. The Morgan fingerprint density at radius 3 is 2.75 bits per heavy atom. The van der Waals surface area contributed by atoms with Crippen LogP contribution in [0.15, 0.2) is 18.3 Å². The van der Waals surface area contributed by atoms with Crippen LogP contribution in [0.4, 0.5) is 0 Å². The predicted molar refractivity (Wildman–Crippen MR) is 62.2 cm³/mol. The van der Waals surface area contributed by atoms with Crippen molar-refractivity contribution in [1.82, 2.24) is 9.88 Å². The standard InChI is InChI=1S/C12H17N3O/c1-12(2,15(3)4)9-16-11-10(8-13)6-5-7-14-11/h5-7H,9H2,1-4H3. The van der Waals surface area contributed by atoms with E-state index < -0.39 is 0 Å². The van der Waals surface area contributed by atoms with Crippen molar-refractivity contribution in [2.24, 2.45) is 0 Å². The fourth-order valence-electron chi connectivity index (χ4n) is 0.965. The Hall–Kier alpha value is -1.60. The summed E-state index contributed by atoms with van der Waals surface area (Å²) >= 11 is 0. The van der Waals surface area contributed by atoms with Crippen molar-refractivity contribution in [2.75, 3.05) is 20.7 Å². The van der Waals surface area contributed by atoms with Gasteiger partial charge in [0.1, 0.15) is 18.2 Å². The highest BCUT2D eigenvalue weighted by atomic mass is 16.5. The third-order valence-electron chi connectivity index (χ3n) is 2.66. The van der Waals surface area contributed by atoms with E-state index >= 15 is 0 Å². The predicted octanol–water partition coefficient (Wildman–Crippen LogP) is 1.67. The molecule has 16 heavy (non-hydrogen) atoms. The van der Waals surface area contributed by atoms with Crippen LogP contribution in [-0.2, 0) is 0 Å². The van der Waals surface area contributed by atoms with Gasteiger partial charge in [0.25, 0.3) is 0 Å². The summed E-state index contributed by atoms with van der Waals surface area (Å²) in [6.45, 7) is 4.63. The molecule has 0 saturated heterocycles. The van der Waals surface area contributed by atoms with E-state index in [1.807, 2.05) is 14.1 Å². The molecule has 4 nitrogen and oxygen atoms in total. The van der Waals surface area contributed by atoms with Gasteiger partial charge in [0.2, 0.25) is 5.88 Å². The largest absolute Gasteiger partial charge is 0.475 e. The second kappa shape index (κ2) is 4.95. The monoisotopic (exact) mass is 219 g/mol. The number of nitriles is 1. The highest BCUT2D eigenvalue weighted by Crippen LogP contribution is 2.16. The molecule has 0 amide bonds. The molecule has 0 unspecified atom stereocenters. The van der Waals surface area contributed by atoms with Crippen LogP contribution in [-0.4, -0.2) is 36.1 Å². The zero-order valence-electron chi connectivity index (χ0n) is 10.2. The Balaban J connectivity index is 2.72. The summed E-state index contributed by atoms with van der Waals surface area (Å²) in [6.07, 6.45) is 1.62. The second-order valence-electron chi connectivity index (χ2n) is 4.46. The van der Waals surface area contributed by atoms with Gasteiger partial charge >= 0.3 is 0 Å². The number of aromatic nitrogens is 1. The molecule has 0 aliphatic heterocycles. The summed E-state index contributed by atoms with van der Waals surface area (Å²) in [4.78, 5) is 6.12. The Morgan fingerprint density at radius 2 is 2.19 bits per heavy atom. The first kappa shape index (κ1) is 12.5. The molecule has 4 heteroatoms. The number of rotatable bonds is 4. The maximum Gasteiger partial charge on any atom is 0.231 e. The van der Waals surface area contributed by atoms with Gasteiger partial charge in [0.05, 0.1) is 0 Å². The van der Waals surface area contributed by atoms with Crippen LogP contribution in [0, 0.1) is 11.3 Å². The van der Waals surface area contributed by atoms with E-state index in [1.54, 1.807) is 18.3 Å². The minimum Gasteiger partial charge on any atom is -0.475 e. The maximum absolute atomic E-state index is 8.88. The van der Waals surface area contributed by atoms with Gasteiger partial charge in [0.15, 0.2) is 0 Å². The van der Waals surface area contributed by atoms with E-state index in [2.05, 4.69) is 29.8 Å². The molecule has 0 aliphatic carbocycles. The summed E-state index contributed by atoms with van der Waals surface area (Å²) in [7, 11) is 3.99. The van der Waals surface area contributed by atoms with E-state index in [1.165, 1.54) is 0 Å². The van der Waals surface area contributed by atoms with Crippen LogP contribution in [0.25, 0.3) is 0 Å². The van der Waals surface area contributed by atoms with Gasteiger partial charge in [-0.2, -0.15) is 5.26 Å². The first-order chi connectivity index (χ1) is 7.47. The van der Waals surface area contributed by atoms with Gasteiger partial charge in [-0.3, -0.25) is 0 Å². The Kier molecular flexibility index (Phi) is 3.86. The molecule has 0 aromatic carbocycles. The topological polar surface area (TPSA) is 49.1 Å². The Morgan fingerprint density at radius 1 is 1.50 bits per heavy atom. The lowest BCUT2D eigenvalue weighted by Crippen LogP contribution is -2.43. The molecule has 0 saturated carbocycles.